The van der Waals surface area contributed by atoms with Crippen LogP contribution in [0.25, 0.3) is 11.0 Å². The highest BCUT2D eigenvalue weighted by atomic mass is 79.9. The van der Waals surface area contributed by atoms with E-state index in [1.165, 1.54) is 0 Å². The van der Waals surface area contributed by atoms with E-state index in [1.54, 1.807) is 0 Å². The number of ether oxygens (including phenoxy) is 1. The quantitative estimate of drug-likeness (QED) is 0.788. The molecule has 3 nitrogen and oxygen atoms in total. The fourth-order valence-corrected chi connectivity index (χ4v) is 1.98. The number of alkyl halides is 1. The summed E-state index contributed by atoms with van der Waals surface area (Å²) in [6.45, 7) is 3.56. The Bertz CT molecular complexity index is 467. The number of para-hydroxylation sites is 2. The molecule has 86 valence electrons. The van der Waals surface area contributed by atoms with Gasteiger partial charge in [0.25, 0.3) is 6.01 Å². The lowest BCUT2D eigenvalue weighted by atomic mass is 10.3. The molecule has 0 amide bonds. The fraction of sp³-hybridized carbons (Fsp3) is 0.417. The molecule has 0 unspecified atom stereocenters. The first-order valence-corrected chi connectivity index (χ1v) is 6.63. The number of hydrogen-bond acceptors (Lipinski definition) is 2. The number of imidazole rings is 1. The van der Waals surface area contributed by atoms with Gasteiger partial charge in [0.2, 0.25) is 0 Å². The van der Waals surface area contributed by atoms with Crippen LogP contribution in [0.3, 0.4) is 0 Å². The van der Waals surface area contributed by atoms with Gasteiger partial charge in [0.05, 0.1) is 17.6 Å². The molecule has 2 rings (SSSR count). The molecule has 4 heteroatoms. The molecule has 1 aromatic heterocycles. The van der Waals surface area contributed by atoms with Gasteiger partial charge in [-0.25, -0.2) is 0 Å². The SMILES string of the molecule is CCOc1nc2ccccc2n1CCCBr. The highest BCUT2D eigenvalue weighted by molar-refractivity contribution is 9.09. The van der Waals surface area contributed by atoms with Gasteiger partial charge in [-0.05, 0) is 25.5 Å². The van der Waals surface area contributed by atoms with E-state index in [9.17, 15) is 0 Å². The summed E-state index contributed by atoms with van der Waals surface area (Å²) in [5.74, 6) is 0. The second-order valence-electron chi connectivity index (χ2n) is 3.51. The van der Waals surface area contributed by atoms with Crippen molar-refractivity contribution in [3.8, 4) is 6.01 Å². The van der Waals surface area contributed by atoms with Crippen molar-refractivity contribution < 1.29 is 4.74 Å². The van der Waals surface area contributed by atoms with E-state index in [0.29, 0.717) is 6.61 Å². The summed E-state index contributed by atoms with van der Waals surface area (Å²) in [5, 5.41) is 0.991. The summed E-state index contributed by atoms with van der Waals surface area (Å²) in [7, 11) is 0. The van der Waals surface area contributed by atoms with Gasteiger partial charge in [0.1, 0.15) is 0 Å². The van der Waals surface area contributed by atoms with Crippen LogP contribution in [-0.4, -0.2) is 21.5 Å². The molecule has 0 aliphatic rings. The topological polar surface area (TPSA) is 27.1 Å². The smallest absolute Gasteiger partial charge is 0.297 e. The van der Waals surface area contributed by atoms with Crippen molar-refractivity contribution in [1.29, 1.82) is 0 Å². The Morgan fingerprint density at radius 2 is 2.19 bits per heavy atom. The molecule has 0 radical (unpaired) electrons. The van der Waals surface area contributed by atoms with E-state index in [2.05, 4.69) is 31.5 Å². The van der Waals surface area contributed by atoms with Gasteiger partial charge in [0.15, 0.2) is 0 Å². The van der Waals surface area contributed by atoms with Crippen LogP contribution >= 0.6 is 15.9 Å². The molecule has 0 spiro atoms. The average molecular weight is 283 g/mol. The van der Waals surface area contributed by atoms with Gasteiger partial charge in [-0.1, -0.05) is 28.1 Å². The van der Waals surface area contributed by atoms with Crippen molar-refractivity contribution in [2.45, 2.75) is 19.9 Å². The number of nitrogens with zero attached hydrogens (tertiary/aromatic N) is 2. The summed E-state index contributed by atoms with van der Waals surface area (Å²) in [4.78, 5) is 4.48. The molecule has 2 aromatic rings. The van der Waals surface area contributed by atoms with E-state index in [1.807, 2.05) is 25.1 Å². The highest BCUT2D eigenvalue weighted by Crippen LogP contribution is 2.21. The summed E-state index contributed by atoms with van der Waals surface area (Å²) in [5.41, 5.74) is 2.15. The normalized spacial score (nSPS) is 10.9. The summed E-state index contributed by atoms with van der Waals surface area (Å²) >= 11 is 3.45. The lowest BCUT2D eigenvalue weighted by molar-refractivity contribution is 0.298. The standard InChI is InChI=1S/C12H15BrN2O/c1-2-16-12-14-10-6-3-4-7-11(10)15(12)9-5-8-13/h3-4,6-7H,2,5,8-9H2,1H3. The first kappa shape index (κ1) is 11.5. The van der Waals surface area contributed by atoms with Crippen molar-refractivity contribution in [3.63, 3.8) is 0 Å². The molecule has 0 atom stereocenters. The molecule has 0 fully saturated rings. The third-order valence-corrected chi connectivity index (χ3v) is 2.97. The van der Waals surface area contributed by atoms with Crippen LogP contribution in [0.4, 0.5) is 0 Å². The lowest BCUT2D eigenvalue weighted by Gasteiger charge is -2.07. The molecular formula is C12H15BrN2O. The lowest BCUT2D eigenvalue weighted by Crippen LogP contribution is -2.04. The van der Waals surface area contributed by atoms with Crippen LogP contribution in [0, 0.1) is 0 Å². The molecule has 0 saturated heterocycles. The van der Waals surface area contributed by atoms with Gasteiger partial charge in [-0.2, -0.15) is 4.98 Å². The highest BCUT2D eigenvalue weighted by Gasteiger charge is 2.10. The Morgan fingerprint density at radius 1 is 1.38 bits per heavy atom. The first-order chi connectivity index (χ1) is 7.86. The Morgan fingerprint density at radius 3 is 2.94 bits per heavy atom. The second kappa shape index (κ2) is 5.34. The van der Waals surface area contributed by atoms with E-state index < -0.39 is 0 Å². The number of rotatable bonds is 5. The maximum absolute atomic E-state index is 5.56. The molecule has 0 aliphatic heterocycles. The number of halogens is 1. The zero-order valence-electron chi connectivity index (χ0n) is 9.32. The van der Waals surface area contributed by atoms with Crippen LogP contribution < -0.4 is 4.74 Å². The van der Waals surface area contributed by atoms with Crippen LogP contribution in [0.2, 0.25) is 0 Å². The summed E-state index contributed by atoms with van der Waals surface area (Å²) in [6, 6.07) is 8.86. The third-order valence-electron chi connectivity index (χ3n) is 2.41. The summed E-state index contributed by atoms with van der Waals surface area (Å²) < 4.78 is 7.69. The zero-order valence-corrected chi connectivity index (χ0v) is 10.9. The molecule has 1 heterocycles. The molecule has 0 aliphatic carbocycles. The van der Waals surface area contributed by atoms with E-state index >= 15 is 0 Å². The van der Waals surface area contributed by atoms with Crippen LogP contribution in [0.5, 0.6) is 6.01 Å². The number of aryl methyl sites for hydroxylation is 1. The Kier molecular flexibility index (Phi) is 3.83. The average Bonchev–Trinajstić information content (AvgIpc) is 2.65. The monoisotopic (exact) mass is 282 g/mol. The molecule has 0 bridgehead atoms. The Hall–Kier alpha value is -1.03. The number of hydrogen-bond donors (Lipinski definition) is 0. The van der Waals surface area contributed by atoms with E-state index in [0.717, 1.165) is 35.3 Å². The predicted octanol–water partition coefficient (Wildman–Crippen LogP) is 3.22. The summed E-state index contributed by atoms with van der Waals surface area (Å²) in [6.07, 6.45) is 1.07. The second-order valence-corrected chi connectivity index (χ2v) is 4.30. The number of fused-ring (bicyclic) bond motifs is 1. The minimum Gasteiger partial charge on any atom is -0.465 e. The number of aromatic nitrogens is 2. The molecule has 16 heavy (non-hydrogen) atoms. The third kappa shape index (κ3) is 2.21. The van der Waals surface area contributed by atoms with Crippen LogP contribution in [0.15, 0.2) is 24.3 Å². The van der Waals surface area contributed by atoms with Crippen molar-refractivity contribution in [2.75, 3.05) is 11.9 Å². The van der Waals surface area contributed by atoms with Gasteiger partial charge in [-0.15, -0.1) is 0 Å². The fourth-order valence-electron chi connectivity index (χ4n) is 1.73. The maximum Gasteiger partial charge on any atom is 0.297 e. The minimum atomic E-state index is 0.650. The van der Waals surface area contributed by atoms with Crippen molar-refractivity contribution >= 4 is 27.0 Å². The largest absolute Gasteiger partial charge is 0.465 e. The number of benzene rings is 1. The van der Waals surface area contributed by atoms with Crippen molar-refractivity contribution in [2.24, 2.45) is 0 Å². The Balaban J connectivity index is 2.42. The predicted molar refractivity (Wildman–Crippen MR) is 69.3 cm³/mol. The van der Waals surface area contributed by atoms with Crippen LogP contribution in [-0.2, 0) is 6.54 Å². The van der Waals surface area contributed by atoms with Crippen molar-refractivity contribution in [1.82, 2.24) is 9.55 Å². The molecular weight excluding hydrogens is 268 g/mol. The molecule has 0 N–H and O–H groups in total. The van der Waals surface area contributed by atoms with Gasteiger partial charge >= 0.3 is 0 Å². The van der Waals surface area contributed by atoms with Gasteiger partial charge in [0, 0.05) is 11.9 Å². The Labute approximate surface area is 104 Å². The van der Waals surface area contributed by atoms with Crippen molar-refractivity contribution in [3.05, 3.63) is 24.3 Å². The molecule has 0 saturated carbocycles. The first-order valence-electron chi connectivity index (χ1n) is 5.51. The van der Waals surface area contributed by atoms with E-state index in [-0.39, 0.29) is 0 Å². The zero-order chi connectivity index (χ0) is 11.4. The van der Waals surface area contributed by atoms with Gasteiger partial charge < -0.3 is 4.74 Å². The van der Waals surface area contributed by atoms with Crippen LogP contribution in [0.1, 0.15) is 13.3 Å². The van der Waals surface area contributed by atoms with E-state index in [4.69, 9.17) is 4.74 Å². The maximum atomic E-state index is 5.56. The van der Waals surface area contributed by atoms with Gasteiger partial charge in [-0.3, -0.25) is 4.57 Å². The molecule has 1 aromatic carbocycles. The minimum absolute atomic E-state index is 0.650.